The Morgan fingerprint density at radius 3 is 2.56 bits per heavy atom. The third kappa shape index (κ3) is 6.76. The summed E-state index contributed by atoms with van der Waals surface area (Å²) in [5.74, 6) is 0.0524. The van der Waals surface area contributed by atoms with Gasteiger partial charge in [0.2, 0.25) is 5.91 Å². The zero-order valence-corrected chi connectivity index (χ0v) is 10.7. The predicted molar refractivity (Wildman–Crippen MR) is 65.3 cm³/mol. The molecule has 0 heterocycles. The Kier molecular flexibility index (Phi) is 9.18. The minimum Gasteiger partial charge on any atom is -0.376 e. The number of nitrogens with zero attached hydrogens (tertiary/aromatic N) is 1. The molecule has 1 atom stereocenters. The fourth-order valence-electron chi connectivity index (χ4n) is 1.48. The molecule has 16 heavy (non-hydrogen) atoms. The number of hydrogen-bond donors (Lipinski definition) is 2. The van der Waals surface area contributed by atoms with Crippen LogP contribution in [0.4, 0.5) is 0 Å². The zero-order valence-electron chi connectivity index (χ0n) is 10.7. The molecule has 0 aliphatic rings. The first-order valence-electron chi connectivity index (χ1n) is 5.98. The fraction of sp³-hybridized carbons (Fsp3) is 0.909. The first-order valence-corrected chi connectivity index (χ1v) is 5.98. The van der Waals surface area contributed by atoms with Gasteiger partial charge in [-0.15, -0.1) is 0 Å². The highest BCUT2D eigenvalue weighted by atomic mass is 16.5. The molecule has 0 fully saturated rings. The fourth-order valence-corrected chi connectivity index (χ4v) is 1.48. The summed E-state index contributed by atoms with van der Waals surface area (Å²) >= 11 is 0. The minimum atomic E-state index is 0.0133. The normalized spacial score (nSPS) is 12.8. The number of nitrogens with one attached hydrogen (secondary N) is 1. The van der Waals surface area contributed by atoms with Crippen molar-refractivity contribution >= 4 is 5.91 Å². The molecule has 0 radical (unpaired) electrons. The summed E-state index contributed by atoms with van der Waals surface area (Å²) in [4.78, 5) is 13.5. The van der Waals surface area contributed by atoms with Crippen molar-refractivity contribution in [3.63, 3.8) is 0 Å². The first-order chi connectivity index (χ1) is 7.67. The third-order valence-corrected chi connectivity index (χ3v) is 2.32. The van der Waals surface area contributed by atoms with Gasteiger partial charge in [-0.05, 0) is 20.4 Å². The maximum Gasteiger partial charge on any atom is 0.234 e. The monoisotopic (exact) mass is 231 g/mol. The lowest BCUT2D eigenvalue weighted by molar-refractivity contribution is -0.122. The molecule has 0 aromatic heterocycles. The van der Waals surface area contributed by atoms with Gasteiger partial charge in [-0.25, -0.2) is 0 Å². The van der Waals surface area contributed by atoms with Crippen molar-refractivity contribution in [1.29, 1.82) is 0 Å². The smallest absolute Gasteiger partial charge is 0.234 e. The number of nitrogens with two attached hydrogens (primary N) is 1. The van der Waals surface area contributed by atoms with Crippen LogP contribution in [0.5, 0.6) is 0 Å². The van der Waals surface area contributed by atoms with Crippen LogP contribution in [-0.2, 0) is 9.53 Å². The van der Waals surface area contributed by atoms with E-state index in [4.69, 9.17) is 10.5 Å². The van der Waals surface area contributed by atoms with E-state index in [9.17, 15) is 4.79 Å². The van der Waals surface area contributed by atoms with Crippen molar-refractivity contribution in [3.05, 3.63) is 0 Å². The molecule has 1 unspecified atom stereocenters. The number of carbonyl (C=O) groups is 1. The zero-order chi connectivity index (χ0) is 12.4. The second kappa shape index (κ2) is 9.57. The van der Waals surface area contributed by atoms with Crippen LogP contribution in [0.15, 0.2) is 0 Å². The molecular formula is C11H25N3O2. The van der Waals surface area contributed by atoms with Gasteiger partial charge in [0.05, 0.1) is 12.6 Å². The number of ether oxygens (including phenoxy) is 1. The van der Waals surface area contributed by atoms with E-state index >= 15 is 0 Å². The second-order valence-electron chi connectivity index (χ2n) is 3.59. The van der Waals surface area contributed by atoms with Crippen LogP contribution in [0, 0.1) is 0 Å². The number of likely N-dealkylation sites (N-methyl/N-ethyl adjacent to an activating group) is 2. The van der Waals surface area contributed by atoms with Gasteiger partial charge in [0, 0.05) is 26.2 Å². The minimum absolute atomic E-state index is 0.0133. The molecule has 0 saturated carbocycles. The number of hydrogen-bond acceptors (Lipinski definition) is 4. The van der Waals surface area contributed by atoms with Crippen LogP contribution in [0.3, 0.4) is 0 Å². The van der Waals surface area contributed by atoms with E-state index in [0.29, 0.717) is 32.8 Å². The summed E-state index contributed by atoms with van der Waals surface area (Å²) < 4.78 is 5.47. The van der Waals surface area contributed by atoms with E-state index in [1.54, 1.807) is 0 Å². The highest BCUT2D eigenvalue weighted by molar-refractivity contribution is 5.77. The maximum absolute atomic E-state index is 11.4. The van der Waals surface area contributed by atoms with Crippen molar-refractivity contribution in [1.82, 2.24) is 10.2 Å². The number of amides is 1. The molecule has 0 saturated heterocycles. The molecule has 1 amide bonds. The molecule has 0 bridgehead atoms. The van der Waals surface area contributed by atoms with Crippen molar-refractivity contribution in [3.8, 4) is 0 Å². The summed E-state index contributed by atoms with van der Waals surface area (Å²) in [5, 5.41) is 2.78. The van der Waals surface area contributed by atoms with E-state index < -0.39 is 0 Å². The van der Waals surface area contributed by atoms with Gasteiger partial charge < -0.3 is 15.8 Å². The van der Waals surface area contributed by atoms with Gasteiger partial charge in [-0.1, -0.05) is 6.92 Å². The molecule has 5 heteroatoms. The third-order valence-electron chi connectivity index (χ3n) is 2.32. The van der Waals surface area contributed by atoms with Gasteiger partial charge in [-0.3, -0.25) is 9.69 Å². The summed E-state index contributed by atoms with van der Waals surface area (Å²) in [6, 6.07) is 0. The molecular weight excluding hydrogens is 206 g/mol. The Bertz CT molecular complexity index is 188. The van der Waals surface area contributed by atoms with Crippen LogP contribution in [-0.4, -0.2) is 56.2 Å². The van der Waals surface area contributed by atoms with Crippen molar-refractivity contribution in [2.75, 3.05) is 39.3 Å². The lowest BCUT2D eigenvalue weighted by atomic mass is 10.3. The Morgan fingerprint density at radius 1 is 1.44 bits per heavy atom. The number of carbonyl (C=O) groups excluding carboxylic acids is 1. The van der Waals surface area contributed by atoms with Crippen LogP contribution < -0.4 is 11.1 Å². The van der Waals surface area contributed by atoms with Crippen LogP contribution >= 0.6 is 0 Å². The maximum atomic E-state index is 11.4. The largest absolute Gasteiger partial charge is 0.376 e. The van der Waals surface area contributed by atoms with Gasteiger partial charge in [-0.2, -0.15) is 0 Å². The van der Waals surface area contributed by atoms with Gasteiger partial charge in [0.15, 0.2) is 0 Å². The average molecular weight is 231 g/mol. The Labute approximate surface area is 98.3 Å². The molecule has 0 spiro atoms. The molecule has 3 N–H and O–H groups in total. The predicted octanol–water partition coefficient (Wildman–Crippen LogP) is -0.192. The van der Waals surface area contributed by atoms with Crippen molar-refractivity contribution in [2.45, 2.75) is 26.9 Å². The van der Waals surface area contributed by atoms with E-state index in [1.165, 1.54) is 0 Å². The summed E-state index contributed by atoms with van der Waals surface area (Å²) in [7, 11) is 0. The molecule has 0 aliphatic carbocycles. The van der Waals surface area contributed by atoms with Gasteiger partial charge in [0.25, 0.3) is 0 Å². The summed E-state index contributed by atoms with van der Waals surface area (Å²) in [6.45, 7) is 9.63. The van der Waals surface area contributed by atoms with Crippen LogP contribution in [0.1, 0.15) is 20.8 Å². The molecule has 0 aromatic rings. The average Bonchev–Trinajstić information content (AvgIpc) is 2.27. The molecule has 0 aliphatic heterocycles. The lowest BCUT2D eigenvalue weighted by Gasteiger charge is -2.24. The highest BCUT2D eigenvalue weighted by Crippen LogP contribution is 1.96. The topological polar surface area (TPSA) is 67.6 Å². The molecule has 0 aromatic carbocycles. The van der Waals surface area contributed by atoms with Crippen molar-refractivity contribution in [2.24, 2.45) is 5.73 Å². The summed E-state index contributed by atoms with van der Waals surface area (Å²) in [5.41, 5.74) is 5.60. The van der Waals surface area contributed by atoms with Crippen molar-refractivity contribution < 1.29 is 9.53 Å². The SMILES string of the molecule is CCNC(=O)CN(CC)CC(CN)OCC. The number of rotatable bonds is 9. The molecule has 0 rings (SSSR count). The van der Waals surface area contributed by atoms with Gasteiger partial charge >= 0.3 is 0 Å². The Hall–Kier alpha value is -0.650. The first kappa shape index (κ1) is 15.3. The van der Waals surface area contributed by atoms with E-state index in [2.05, 4.69) is 5.32 Å². The quantitative estimate of drug-likeness (QED) is 0.577. The standard InChI is InChI=1S/C11H25N3O2/c1-4-13-11(15)9-14(5-2)8-10(7-12)16-6-3/h10H,4-9,12H2,1-3H3,(H,13,15). The van der Waals surface area contributed by atoms with E-state index in [-0.39, 0.29) is 12.0 Å². The van der Waals surface area contributed by atoms with Gasteiger partial charge in [0.1, 0.15) is 0 Å². The molecule has 5 nitrogen and oxygen atoms in total. The second-order valence-corrected chi connectivity index (χ2v) is 3.59. The molecule has 96 valence electrons. The Morgan fingerprint density at radius 2 is 2.12 bits per heavy atom. The Balaban J connectivity index is 4.01. The highest BCUT2D eigenvalue weighted by Gasteiger charge is 2.14. The summed E-state index contributed by atoms with van der Waals surface area (Å²) in [6.07, 6.45) is 0.0133. The van der Waals surface area contributed by atoms with Crippen LogP contribution in [0.2, 0.25) is 0 Å². The lowest BCUT2D eigenvalue weighted by Crippen LogP contribution is -2.43. The van der Waals surface area contributed by atoms with E-state index in [1.807, 2.05) is 25.7 Å². The van der Waals surface area contributed by atoms with Crippen LogP contribution in [0.25, 0.3) is 0 Å². The van der Waals surface area contributed by atoms with E-state index in [0.717, 1.165) is 6.54 Å².